The van der Waals surface area contributed by atoms with Crippen LogP contribution in [-0.2, 0) is 22.4 Å². The number of hydrogen-bond acceptors (Lipinski definition) is 2. The van der Waals surface area contributed by atoms with Gasteiger partial charge in [-0.2, -0.15) is 0 Å². The molecular weight excluding hydrogens is 274 g/mol. The predicted molar refractivity (Wildman–Crippen MR) is 85.4 cm³/mol. The first-order valence-electron chi connectivity index (χ1n) is 8.34. The van der Waals surface area contributed by atoms with Crippen LogP contribution in [0.25, 0.3) is 0 Å². The van der Waals surface area contributed by atoms with E-state index >= 15 is 0 Å². The average Bonchev–Trinajstić information content (AvgIpc) is 3.21. The number of fused-ring (bicyclic) bond motifs is 5. The first kappa shape index (κ1) is 13.7. The lowest BCUT2D eigenvalue weighted by Gasteiger charge is -2.23. The molecule has 2 aliphatic carbocycles. The van der Waals surface area contributed by atoms with Gasteiger partial charge in [-0.25, -0.2) is 4.90 Å². The van der Waals surface area contributed by atoms with Crippen molar-refractivity contribution in [1.82, 2.24) is 0 Å². The summed E-state index contributed by atoms with van der Waals surface area (Å²) in [6, 6.07) is 6.10. The number of aryl methyl sites for hydroxylation is 2. The molecule has 0 N–H and O–H groups in total. The second-order valence-corrected chi connectivity index (χ2v) is 6.64. The number of anilines is 1. The molecular formula is C19H21NO2. The van der Waals surface area contributed by atoms with E-state index in [-0.39, 0.29) is 35.5 Å². The molecule has 3 heteroatoms. The van der Waals surface area contributed by atoms with Crippen molar-refractivity contribution in [2.24, 2.45) is 23.7 Å². The molecule has 1 saturated heterocycles. The molecule has 1 aromatic carbocycles. The van der Waals surface area contributed by atoms with E-state index in [1.54, 1.807) is 0 Å². The van der Waals surface area contributed by atoms with E-state index in [9.17, 15) is 9.59 Å². The average molecular weight is 295 g/mol. The summed E-state index contributed by atoms with van der Waals surface area (Å²) < 4.78 is 0. The molecule has 3 nitrogen and oxygen atoms in total. The highest BCUT2D eigenvalue weighted by Crippen LogP contribution is 2.53. The van der Waals surface area contributed by atoms with Crippen LogP contribution in [0.2, 0.25) is 0 Å². The van der Waals surface area contributed by atoms with Crippen LogP contribution in [0.3, 0.4) is 0 Å². The molecule has 2 fully saturated rings. The number of amides is 2. The van der Waals surface area contributed by atoms with E-state index in [4.69, 9.17) is 0 Å². The lowest BCUT2D eigenvalue weighted by atomic mass is 9.85. The number of carbonyl (C=O) groups is 2. The van der Waals surface area contributed by atoms with Crippen LogP contribution in [-0.4, -0.2) is 11.8 Å². The van der Waals surface area contributed by atoms with Crippen LogP contribution in [0.4, 0.5) is 5.69 Å². The van der Waals surface area contributed by atoms with Gasteiger partial charge in [-0.3, -0.25) is 9.59 Å². The van der Waals surface area contributed by atoms with Gasteiger partial charge in [-0.15, -0.1) is 0 Å². The van der Waals surface area contributed by atoms with Crippen LogP contribution in [0.5, 0.6) is 0 Å². The molecule has 4 rings (SSSR count). The van der Waals surface area contributed by atoms with Crippen molar-refractivity contribution in [3.8, 4) is 0 Å². The van der Waals surface area contributed by atoms with Crippen LogP contribution in [0, 0.1) is 23.7 Å². The number of rotatable bonds is 3. The second kappa shape index (κ2) is 4.80. The Labute approximate surface area is 131 Å². The number of hydrogen-bond donors (Lipinski definition) is 0. The van der Waals surface area contributed by atoms with E-state index in [0.717, 1.165) is 36.1 Å². The topological polar surface area (TPSA) is 37.4 Å². The van der Waals surface area contributed by atoms with Crippen molar-refractivity contribution in [3.05, 3.63) is 41.5 Å². The van der Waals surface area contributed by atoms with Crippen molar-refractivity contribution < 1.29 is 9.59 Å². The smallest absolute Gasteiger partial charge is 0.238 e. The first-order valence-corrected chi connectivity index (χ1v) is 8.34. The molecule has 4 atom stereocenters. The Morgan fingerprint density at radius 2 is 1.45 bits per heavy atom. The molecule has 1 saturated carbocycles. The molecule has 2 bridgehead atoms. The van der Waals surface area contributed by atoms with E-state index in [1.807, 2.05) is 18.2 Å². The summed E-state index contributed by atoms with van der Waals surface area (Å²) in [7, 11) is 0. The number of imide groups is 1. The van der Waals surface area contributed by atoms with Gasteiger partial charge >= 0.3 is 0 Å². The number of para-hydroxylation sites is 1. The van der Waals surface area contributed by atoms with Crippen LogP contribution >= 0.6 is 0 Å². The molecule has 4 unspecified atom stereocenters. The van der Waals surface area contributed by atoms with Gasteiger partial charge in [-0.1, -0.05) is 44.2 Å². The van der Waals surface area contributed by atoms with Gasteiger partial charge in [0.1, 0.15) is 0 Å². The molecule has 0 radical (unpaired) electrons. The van der Waals surface area contributed by atoms with Crippen LogP contribution in [0.1, 0.15) is 31.4 Å². The van der Waals surface area contributed by atoms with E-state index in [0.29, 0.717) is 0 Å². The Morgan fingerprint density at radius 3 is 1.91 bits per heavy atom. The highest BCUT2D eigenvalue weighted by molar-refractivity contribution is 6.23. The minimum absolute atomic E-state index is 0.0300. The normalized spacial score (nSPS) is 32.2. The number of allylic oxidation sites excluding steroid dienone is 2. The zero-order valence-electron chi connectivity index (χ0n) is 13.1. The Hall–Kier alpha value is -1.90. The Morgan fingerprint density at radius 1 is 0.955 bits per heavy atom. The minimum atomic E-state index is -0.114. The molecule has 1 aromatic rings. The predicted octanol–water partition coefficient (Wildman–Crippen LogP) is 3.12. The molecule has 1 aliphatic heterocycles. The summed E-state index contributed by atoms with van der Waals surface area (Å²) in [6.45, 7) is 4.16. The van der Waals surface area contributed by atoms with Crippen molar-refractivity contribution in [2.45, 2.75) is 33.1 Å². The number of benzene rings is 1. The van der Waals surface area contributed by atoms with E-state index < -0.39 is 0 Å². The first-order chi connectivity index (χ1) is 10.7. The van der Waals surface area contributed by atoms with Crippen molar-refractivity contribution in [1.29, 1.82) is 0 Å². The fraction of sp³-hybridized carbons (Fsp3) is 0.474. The molecule has 1 heterocycles. The third kappa shape index (κ3) is 1.62. The molecule has 0 aromatic heterocycles. The molecule has 0 spiro atoms. The Balaban J connectivity index is 1.82. The SMILES string of the molecule is CCc1cccc(CC)c1N1C(=O)C2C3C=CC(C3)C2C1=O. The summed E-state index contributed by atoms with van der Waals surface area (Å²) in [5.74, 6) is 0.379. The van der Waals surface area contributed by atoms with Gasteiger partial charge in [0.15, 0.2) is 0 Å². The van der Waals surface area contributed by atoms with Crippen LogP contribution < -0.4 is 4.90 Å². The molecule has 2 amide bonds. The largest absolute Gasteiger partial charge is 0.274 e. The van der Waals surface area contributed by atoms with Crippen molar-refractivity contribution >= 4 is 17.5 Å². The zero-order chi connectivity index (χ0) is 15.4. The summed E-state index contributed by atoms with van der Waals surface area (Å²) in [5.41, 5.74) is 3.07. The fourth-order valence-electron chi connectivity index (χ4n) is 4.63. The third-order valence-corrected chi connectivity index (χ3v) is 5.66. The minimum Gasteiger partial charge on any atom is -0.274 e. The third-order valence-electron chi connectivity index (χ3n) is 5.66. The second-order valence-electron chi connectivity index (χ2n) is 6.64. The van der Waals surface area contributed by atoms with Gasteiger partial charge in [0.05, 0.1) is 17.5 Å². The highest BCUT2D eigenvalue weighted by atomic mass is 16.2. The van der Waals surface area contributed by atoms with E-state index in [1.165, 1.54) is 4.90 Å². The van der Waals surface area contributed by atoms with Gasteiger partial charge in [-0.05, 0) is 42.2 Å². The summed E-state index contributed by atoms with van der Waals surface area (Å²) >= 11 is 0. The standard InChI is InChI=1S/C19H21NO2/c1-3-11-6-5-7-12(4-2)17(11)20-18(21)15-13-8-9-14(10-13)16(15)19(20)22/h5-9,13-16H,3-4,10H2,1-2H3. The van der Waals surface area contributed by atoms with Gasteiger partial charge in [0, 0.05) is 0 Å². The fourth-order valence-corrected chi connectivity index (χ4v) is 4.63. The monoisotopic (exact) mass is 295 g/mol. The maximum Gasteiger partial charge on any atom is 0.238 e. The lowest BCUT2D eigenvalue weighted by molar-refractivity contribution is -0.123. The zero-order valence-corrected chi connectivity index (χ0v) is 13.1. The maximum atomic E-state index is 13.0. The number of nitrogens with zero attached hydrogens (tertiary/aromatic N) is 1. The van der Waals surface area contributed by atoms with Gasteiger partial charge in [0.2, 0.25) is 11.8 Å². The van der Waals surface area contributed by atoms with Gasteiger partial charge in [0.25, 0.3) is 0 Å². The number of carbonyl (C=O) groups excluding carboxylic acids is 2. The van der Waals surface area contributed by atoms with E-state index in [2.05, 4.69) is 26.0 Å². The Kier molecular flexibility index (Phi) is 3.00. The summed E-state index contributed by atoms with van der Waals surface area (Å²) in [4.78, 5) is 27.5. The summed E-state index contributed by atoms with van der Waals surface area (Å²) in [6.07, 6.45) is 6.94. The molecule has 3 aliphatic rings. The molecule has 114 valence electrons. The highest BCUT2D eigenvalue weighted by Gasteiger charge is 2.59. The van der Waals surface area contributed by atoms with Crippen molar-refractivity contribution in [2.75, 3.05) is 4.90 Å². The Bertz CT molecular complexity index is 638. The molecule has 22 heavy (non-hydrogen) atoms. The summed E-state index contributed by atoms with van der Waals surface area (Å²) in [5, 5.41) is 0. The van der Waals surface area contributed by atoms with Crippen LogP contribution in [0.15, 0.2) is 30.4 Å². The quantitative estimate of drug-likeness (QED) is 0.634. The van der Waals surface area contributed by atoms with Crippen molar-refractivity contribution in [3.63, 3.8) is 0 Å². The van der Waals surface area contributed by atoms with Gasteiger partial charge < -0.3 is 0 Å². The maximum absolute atomic E-state index is 13.0. The lowest BCUT2D eigenvalue weighted by Crippen LogP contribution is -2.34.